The summed E-state index contributed by atoms with van der Waals surface area (Å²) in [6.45, 7) is 0. The van der Waals surface area contributed by atoms with Gasteiger partial charge in [-0.1, -0.05) is 11.6 Å². The first-order chi connectivity index (χ1) is 4.79. The Morgan fingerprint density at radius 1 is 1.60 bits per heavy atom. The molecule has 0 aliphatic carbocycles. The van der Waals surface area contributed by atoms with Crippen LogP contribution in [0.5, 0.6) is 5.95 Å². The third kappa shape index (κ3) is 0.646. The van der Waals surface area contributed by atoms with E-state index in [9.17, 15) is 0 Å². The SMILES string of the molecule is Oc1oc2ccsc2c1Cl. The minimum absolute atomic E-state index is 0.191. The van der Waals surface area contributed by atoms with Crippen LogP contribution in [0.2, 0.25) is 5.02 Å². The Morgan fingerprint density at radius 2 is 2.40 bits per heavy atom. The molecule has 52 valence electrons. The van der Waals surface area contributed by atoms with Gasteiger partial charge in [0.25, 0.3) is 0 Å². The highest BCUT2D eigenvalue weighted by Gasteiger charge is 2.10. The largest absolute Gasteiger partial charge is 0.480 e. The van der Waals surface area contributed by atoms with Crippen LogP contribution in [-0.2, 0) is 0 Å². The molecular formula is C6H3ClO2S. The highest BCUT2D eigenvalue weighted by molar-refractivity contribution is 7.17. The fraction of sp³-hybridized carbons (Fsp3) is 0. The van der Waals surface area contributed by atoms with E-state index < -0.39 is 0 Å². The lowest BCUT2D eigenvalue weighted by Gasteiger charge is -1.78. The Labute approximate surface area is 65.6 Å². The molecule has 0 aliphatic rings. The zero-order chi connectivity index (χ0) is 7.14. The molecule has 0 unspecified atom stereocenters. The van der Waals surface area contributed by atoms with Crippen LogP contribution in [0.1, 0.15) is 0 Å². The van der Waals surface area contributed by atoms with Gasteiger partial charge in [-0.25, -0.2) is 0 Å². The number of hydrogen-bond acceptors (Lipinski definition) is 3. The van der Waals surface area contributed by atoms with Gasteiger partial charge in [0, 0.05) is 0 Å². The zero-order valence-electron chi connectivity index (χ0n) is 4.80. The summed E-state index contributed by atoms with van der Waals surface area (Å²) in [4.78, 5) is 0. The molecule has 0 saturated heterocycles. The van der Waals surface area contributed by atoms with E-state index in [0.717, 1.165) is 4.70 Å². The van der Waals surface area contributed by atoms with Crippen LogP contribution < -0.4 is 0 Å². The van der Waals surface area contributed by atoms with Gasteiger partial charge in [0.15, 0.2) is 5.58 Å². The average molecular weight is 175 g/mol. The maximum atomic E-state index is 8.94. The third-order valence-corrected chi connectivity index (χ3v) is 2.60. The standard InChI is InChI=1S/C6H3ClO2S/c7-4-5-3(1-2-10-5)9-6(4)8/h1-2,8H. The first-order valence-corrected chi connectivity index (χ1v) is 3.89. The molecule has 0 radical (unpaired) electrons. The summed E-state index contributed by atoms with van der Waals surface area (Å²) >= 11 is 7.10. The number of rotatable bonds is 0. The Balaban J connectivity index is 2.95. The quantitative estimate of drug-likeness (QED) is 0.666. The second-order valence-electron chi connectivity index (χ2n) is 1.84. The first-order valence-electron chi connectivity index (χ1n) is 2.63. The molecule has 4 heteroatoms. The van der Waals surface area contributed by atoms with E-state index >= 15 is 0 Å². The van der Waals surface area contributed by atoms with Gasteiger partial charge in [-0.15, -0.1) is 11.3 Å². The summed E-state index contributed by atoms with van der Waals surface area (Å²) in [5, 5.41) is 11.1. The van der Waals surface area contributed by atoms with Crippen molar-refractivity contribution in [3.8, 4) is 5.95 Å². The van der Waals surface area contributed by atoms with Crippen LogP contribution in [0.15, 0.2) is 15.9 Å². The lowest BCUT2D eigenvalue weighted by molar-refractivity contribution is 0.347. The van der Waals surface area contributed by atoms with Gasteiger partial charge in [-0.05, 0) is 11.4 Å². The van der Waals surface area contributed by atoms with Crippen molar-refractivity contribution < 1.29 is 9.52 Å². The lowest BCUT2D eigenvalue weighted by Crippen LogP contribution is -1.50. The molecule has 0 bridgehead atoms. The van der Waals surface area contributed by atoms with Gasteiger partial charge in [0.2, 0.25) is 0 Å². The summed E-state index contributed by atoms with van der Waals surface area (Å²) in [5.74, 6) is -0.191. The number of thiophene rings is 1. The van der Waals surface area contributed by atoms with Crippen molar-refractivity contribution in [2.45, 2.75) is 0 Å². The van der Waals surface area contributed by atoms with Crippen molar-refractivity contribution in [1.29, 1.82) is 0 Å². The molecule has 0 atom stereocenters. The molecule has 0 aliphatic heterocycles. The summed E-state index contributed by atoms with van der Waals surface area (Å²) < 4.78 is 5.68. The topological polar surface area (TPSA) is 33.4 Å². The van der Waals surface area contributed by atoms with Gasteiger partial charge >= 0.3 is 5.95 Å². The summed E-state index contributed by atoms with van der Waals surface area (Å²) in [5.41, 5.74) is 0.646. The molecule has 2 rings (SSSR count). The van der Waals surface area contributed by atoms with Crippen molar-refractivity contribution in [1.82, 2.24) is 0 Å². The smallest absolute Gasteiger partial charge is 0.303 e. The van der Waals surface area contributed by atoms with Crippen molar-refractivity contribution >= 4 is 33.2 Å². The van der Waals surface area contributed by atoms with E-state index in [0.29, 0.717) is 10.6 Å². The van der Waals surface area contributed by atoms with E-state index in [4.69, 9.17) is 21.1 Å². The van der Waals surface area contributed by atoms with Crippen LogP contribution in [0.3, 0.4) is 0 Å². The van der Waals surface area contributed by atoms with Crippen LogP contribution >= 0.6 is 22.9 Å². The number of aromatic hydroxyl groups is 1. The normalized spacial score (nSPS) is 10.9. The maximum Gasteiger partial charge on any atom is 0.303 e. The van der Waals surface area contributed by atoms with E-state index in [1.54, 1.807) is 6.07 Å². The molecule has 2 aromatic rings. The van der Waals surface area contributed by atoms with Crippen molar-refractivity contribution in [2.24, 2.45) is 0 Å². The highest BCUT2D eigenvalue weighted by atomic mass is 35.5. The lowest BCUT2D eigenvalue weighted by atomic mass is 10.5. The van der Waals surface area contributed by atoms with Crippen LogP contribution in [0.4, 0.5) is 0 Å². The van der Waals surface area contributed by atoms with Crippen molar-refractivity contribution in [3.05, 3.63) is 16.5 Å². The van der Waals surface area contributed by atoms with Crippen LogP contribution in [-0.4, -0.2) is 5.11 Å². The number of halogens is 1. The molecule has 0 aromatic carbocycles. The minimum atomic E-state index is -0.191. The molecule has 1 N–H and O–H groups in total. The monoisotopic (exact) mass is 174 g/mol. The van der Waals surface area contributed by atoms with Crippen LogP contribution in [0, 0.1) is 0 Å². The fourth-order valence-electron chi connectivity index (χ4n) is 0.784. The average Bonchev–Trinajstić information content (AvgIpc) is 2.41. The van der Waals surface area contributed by atoms with E-state index in [-0.39, 0.29) is 5.95 Å². The van der Waals surface area contributed by atoms with Gasteiger partial charge in [0.1, 0.15) is 5.02 Å². The predicted octanol–water partition coefficient (Wildman–Crippen LogP) is 2.85. The van der Waals surface area contributed by atoms with Crippen molar-refractivity contribution in [2.75, 3.05) is 0 Å². The van der Waals surface area contributed by atoms with Gasteiger partial charge in [-0.2, -0.15) is 0 Å². The van der Waals surface area contributed by atoms with E-state index in [2.05, 4.69) is 0 Å². The summed E-state index contributed by atoms with van der Waals surface area (Å²) in [7, 11) is 0. The molecule has 10 heavy (non-hydrogen) atoms. The zero-order valence-corrected chi connectivity index (χ0v) is 6.37. The Bertz CT molecular complexity index is 363. The predicted molar refractivity (Wildman–Crippen MR) is 40.8 cm³/mol. The number of fused-ring (bicyclic) bond motifs is 1. The molecule has 0 amide bonds. The van der Waals surface area contributed by atoms with Gasteiger partial charge in [0.05, 0.1) is 4.70 Å². The molecular weight excluding hydrogens is 172 g/mol. The molecule has 0 saturated carbocycles. The third-order valence-electron chi connectivity index (χ3n) is 1.22. The second-order valence-corrected chi connectivity index (χ2v) is 3.13. The molecule has 0 fully saturated rings. The van der Waals surface area contributed by atoms with Gasteiger partial charge in [-0.3, -0.25) is 0 Å². The molecule has 2 heterocycles. The van der Waals surface area contributed by atoms with Crippen LogP contribution in [0.25, 0.3) is 10.3 Å². The second kappa shape index (κ2) is 1.90. The molecule has 0 spiro atoms. The van der Waals surface area contributed by atoms with Gasteiger partial charge < -0.3 is 9.52 Å². The minimum Gasteiger partial charge on any atom is -0.480 e. The Kier molecular flexibility index (Phi) is 1.16. The Morgan fingerprint density at radius 3 is 3.10 bits per heavy atom. The molecule has 2 aromatic heterocycles. The Hall–Kier alpha value is -0.670. The summed E-state index contributed by atoms with van der Waals surface area (Å²) in [6, 6.07) is 1.77. The van der Waals surface area contributed by atoms with E-state index in [1.807, 2.05) is 5.38 Å². The van der Waals surface area contributed by atoms with Crippen molar-refractivity contribution in [3.63, 3.8) is 0 Å². The maximum absolute atomic E-state index is 8.94. The first kappa shape index (κ1) is 6.07. The fourth-order valence-corrected chi connectivity index (χ4v) is 1.79. The summed E-state index contributed by atoms with van der Waals surface area (Å²) in [6.07, 6.45) is 0. The molecule has 2 nitrogen and oxygen atoms in total. The number of hydrogen-bond donors (Lipinski definition) is 1. The highest BCUT2D eigenvalue weighted by Crippen LogP contribution is 2.38. The number of furan rings is 1. The van der Waals surface area contributed by atoms with E-state index in [1.165, 1.54) is 11.3 Å².